The normalized spacial score (nSPS) is 10.4. The molecule has 1 heterocycles. The van der Waals surface area contributed by atoms with E-state index < -0.39 is 0 Å². The van der Waals surface area contributed by atoms with Crippen molar-refractivity contribution in [2.24, 2.45) is 0 Å². The Hall–Kier alpha value is -0.340. The molecule has 1 N–H and O–H groups in total. The first-order valence-electron chi connectivity index (χ1n) is 2.37. The highest BCUT2D eigenvalue weighted by Crippen LogP contribution is 2.15. The summed E-state index contributed by atoms with van der Waals surface area (Å²) >= 11 is 1.54. The maximum atomic E-state index is 8.84. The SMILES string of the molecule is C[C](O)c1cccs1. The lowest BCUT2D eigenvalue weighted by atomic mass is 10.3. The van der Waals surface area contributed by atoms with Crippen LogP contribution in [0.3, 0.4) is 0 Å². The van der Waals surface area contributed by atoms with E-state index in [-0.39, 0.29) is 0 Å². The molecule has 43 valence electrons. The third kappa shape index (κ3) is 1.08. The molecule has 0 fully saturated rings. The van der Waals surface area contributed by atoms with E-state index in [1.165, 1.54) is 0 Å². The first kappa shape index (κ1) is 5.79. The predicted octanol–water partition coefficient (Wildman–Crippen LogP) is 2.02. The van der Waals surface area contributed by atoms with Gasteiger partial charge in [0.25, 0.3) is 0 Å². The Morgan fingerprint density at radius 1 is 1.75 bits per heavy atom. The van der Waals surface area contributed by atoms with Crippen LogP contribution >= 0.6 is 11.3 Å². The van der Waals surface area contributed by atoms with Gasteiger partial charge in [-0.1, -0.05) is 6.07 Å². The fourth-order valence-electron chi connectivity index (χ4n) is 0.484. The molecule has 0 amide bonds. The van der Waals surface area contributed by atoms with Gasteiger partial charge in [-0.05, 0) is 18.4 Å². The van der Waals surface area contributed by atoms with Crippen molar-refractivity contribution >= 4 is 11.3 Å². The molecule has 0 atom stereocenters. The lowest BCUT2D eigenvalue weighted by molar-refractivity contribution is 0.344. The number of thiophene rings is 1. The van der Waals surface area contributed by atoms with Gasteiger partial charge in [0, 0.05) is 4.88 Å². The van der Waals surface area contributed by atoms with Crippen LogP contribution < -0.4 is 0 Å². The van der Waals surface area contributed by atoms with Crippen LogP contribution in [-0.4, -0.2) is 5.11 Å². The second kappa shape index (κ2) is 2.29. The summed E-state index contributed by atoms with van der Waals surface area (Å²) in [5, 5.41) is 10.8. The van der Waals surface area contributed by atoms with Crippen LogP contribution in [0.4, 0.5) is 0 Å². The third-order valence-corrected chi connectivity index (χ3v) is 1.86. The van der Waals surface area contributed by atoms with Crippen LogP contribution in [0, 0.1) is 6.10 Å². The molecular formula is C6H7OS. The lowest BCUT2D eigenvalue weighted by Crippen LogP contribution is -1.84. The van der Waals surface area contributed by atoms with Crippen LogP contribution in [0.25, 0.3) is 0 Å². The van der Waals surface area contributed by atoms with Crippen LogP contribution in [0.1, 0.15) is 11.8 Å². The molecule has 0 aliphatic carbocycles. The molecular weight excluding hydrogens is 120 g/mol. The van der Waals surface area contributed by atoms with Crippen molar-refractivity contribution in [3.63, 3.8) is 0 Å². The summed E-state index contributed by atoms with van der Waals surface area (Å²) < 4.78 is 0. The maximum absolute atomic E-state index is 8.84. The molecule has 1 aromatic heterocycles. The monoisotopic (exact) mass is 127 g/mol. The Morgan fingerprint density at radius 3 is 2.75 bits per heavy atom. The zero-order chi connectivity index (χ0) is 5.98. The number of aliphatic hydroxyl groups is 1. The molecule has 1 radical (unpaired) electrons. The van der Waals surface area contributed by atoms with Crippen molar-refractivity contribution in [2.75, 3.05) is 0 Å². The second-order valence-electron chi connectivity index (χ2n) is 1.56. The molecule has 0 aromatic carbocycles. The molecule has 0 unspecified atom stereocenters. The summed E-state index contributed by atoms with van der Waals surface area (Å²) in [7, 11) is 0. The van der Waals surface area contributed by atoms with Crippen LogP contribution in [0.15, 0.2) is 17.5 Å². The van der Waals surface area contributed by atoms with Crippen LogP contribution in [0.2, 0.25) is 0 Å². The maximum Gasteiger partial charge on any atom is 0.129 e. The summed E-state index contributed by atoms with van der Waals surface area (Å²) in [6, 6.07) is 3.81. The average molecular weight is 127 g/mol. The summed E-state index contributed by atoms with van der Waals surface area (Å²) in [6.45, 7) is 1.69. The molecule has 0 saturated carbocycles. The van der Waals surface area contributed by atoms with Gasteiger partial charge in [-0.2, -0.15) is 0 Å². The summed E-state index contributed by atoms with van der Waals surface area (Å²) in [6.07, 6.45) is 0.403. The van der Waals surface area contributed by atoms with E-state index in [0.717, 1.165) is 4.88 Å². The molecule has 0 spiro atoms. The van der Waals surface area contributed by atoms with E-state index >= 15 is 0 Å². The molecule has 0 aliphatic rings. The lowest BCUT2D eigenvalue weighted by Gasteiger charge is -1.93. The van der Waals surface area contributed by atoms with Crippen LogP contribution in [-0.2, 0) is 0 Å². The minimum absolute atomic E-state index is 0.403. The fraction of sp³-hybridized carbons (Fsp3) is 0.167. The van der Waals surface area contributed by atoms with E-state index in [4.69, 9.17) is 5.11 Å². The Balaban J connectivity index is 2.77. The number of rotatable bonds is 1. The molecule has 1 aromatic rings. The average Bonchev–Trinajstić information content (AvgIpc) is 2.12. The van der Waals surface area contributed by atoms with Gasteiger partial charge >= 0.3 is 0 Å². The largest absolute Gasteiger partial charge is 0.381 e. The highest BCUT2D eigenvalue weighted by molar-refractivity contribution is 7.10. The van der Waals surface area contributed by atoms with E-state index in [1.807, 2.05) is 17.5 Å². The smallest absolute Gasteiger partial charge is 0.129 e. The molecule has 0 aliphatic heterocycles. The Kier molecular flexibility index (Phi) is 1.65. The number of hydrogen-bond donors (Lipinski definition) is 1. The van der Waals surface area contributed by atoms with Gasteiger partial charge in [0.15, 0.2) is 0 Å². The quantitative estimate of drug-likeness (QED) is 0.612. The van der Waals surface area contributed by atoms with Gasteiger partial charge < -0.3 is 5.11 Å². The fourth-order valence-corrected chi connectivity index (χ4v) is 1.12. The van der Waals surface area contributed by atoms with E-state index in [2.05, 4.69) is 0 Å². The van der Waals surface area contributed by atoms with Gasteiger partial charge in [-0.25, -0.2) is 0 Å². The molecule has 1 nitrogen and oxygen atoms in total. The number of aliphatic hydroxyl groups excluding tert-OH is 1. The van der Waals surface area contributed by atoms with Gasteiger partial charge in [-0.3, -0.25) is 0 Å². The first-order chi connectivity index (χ1) is 3.80. The van der Waals surface area contributed by atoms with E-state index in [1.54, 1.807) is 18.3 Å². The molecule has 0 saturated heterocycles. The molecule has 1 rings (SSSR count). The van der Waals surface area contributed by atoms with Crippen molar-refractivity contribution in [2.45, 2.75) is 6.92 Å². The van der Waals surface area contributed by atoms with Gasteiger partial charge in [0.1, 0.15) is 6.10 Å². The molecule has 2 heteroatoms. The Bertz CT molecular complexity index is 144. The highest BCUT2D eigenvalue weighted by atomic mass is 32.1. The van der Waals surface area contributed by atoms with Crippen molar-refractivity contribution in [1.29, 1.82) is 0 Å². The van der Waals surface area contributed by atoms with Crippen molar-refractivity contribution < 1.29 is 5.11 Å². The first-order valence-corrected chi connectivity index (χ1v) is 3.25. The van der Waals surface area contributed by atoms with Crippen molar-refractivity contribution in [3.8, 4) is 0 Å². The molecule has 8 heavy (non-hydrogen) atoms. The number of hydrogen-bond acceptors (Lipinski definition) is 2. The zero-order valence-electron chi connectivity index (χ0n) is 4.59. The Labute approximate surface area is 52.6 Å². The summed E-state index contributed by atoms with van der Waals surface area (Å²) in [5.74, 6) is 0. The topological polar surface area (TPSA) is 20.2 Å². The van der Waals surface area contributed by atoms with E-state index in [9.17, 15) is 0 Å². The third-order valence-electron chi connectivity index (χ3n) is 0.878. The predicted molar refractivity (Wildman–Crippen MR) is 34.3 cm³/mol. The minimum Gasteiger partial charge on any atom is -0.381 e. The Morgan fingerprint density at radius 2 is 2.50 bits per heavy atom. The summed E-state index contributed by atoms with van der Waals surface area (Å²) in [5.41, 5.74) is 0. The van der Waals surface area contributed by atoms with Gasteiger partial charge in [-0.15, -0.1) is 11.3 Å². The minimum atomic E-state index is 0.403. The highest BCUT2D eigenvalue weighted by Gasteiger charge is 1.99. The summed E-state index contributed by atoms with van der Waals surface area (Å²) in [4.78, 5) is 0.949. The van der Waals surface area contributed by atoms with E-state index in [0.29, 0.717) is 6.10 Å². The van der Waals surface area contributed by atoms with Gasteiger partial charge in [0.05, 0.1) is 0 Å². The standard InChI is InChI=1S/C6H7OS/c1-5(7)6-3-2-4-8-6/h2-4,7H,1H3. The van der Waals surface area contributed by atoms with Crippen LogP contribution in [0.5, 0.6) is 0 Å². The second-order valence-corrected chi connectivity index (χ2v) is 2.51. The van der Waals surface area contributed by atoms with Gasteiger partial charge in [0.2, 0.25) is 0 Å². The van der Waals surface area contributed by atoms with Crippen molar-refractivity contribution in [1.82, 2.24) is 0 Å². The molecule has 0 bridgehead atoms. The van der Waals surface area contributed by atoms with Crippen molar-refractivity contribution in [3.05, 3.63) is 28.5 Å². The zero-order valence-corrected chi connectivity index (χ0v) is 5.40.